The molecule has 0 aliphatic heterocycles. The molecule has 23 heavy (non-hydrogen) atoms. The van der Waals surface area contributed by atoms with Crippen LogP contribution in [0.25, 0.3) is 0 Å². The van der Waals surface area contributed by atoms with E-state index in [9.17, 15) is 9.59 Å². The van der Waals surface area contributed by atoms with Crippen LogP contribution in [0.2, 0.25) is 0 Å². The molecule has 1 rings (SSSR count). The molecule has 6 heteroatoms. The van der Waals surface area contributed by atoms with Gasteiger partial charge in [0.15, 0.2) is 0 Å². The molecule has 1 aromatic heterocycles. The number of nitrogens with one attached hydrogen (secondary N) is 1. The molecule has 0 radical (unpaired) electrons. The molecule has 1 N–H and O–H groups in total. The first kappa shape index (κ1) is 19.2. The van der Waals surface area contributed by atoms with Gasteiger partial charge in [-0.15, -0.1) is 0 Å². The maximum Gasteiger partial charge on any atom is 0.340 e. The van der Waals surface area contributed by atoms with Gasteiger partial charge in [-0.2, -0.15) is 0 Å². The molecule has 1 heterocycles. The van der Waals surface area contributed by atoms with Crippen LogP contribution in [0.5, 0.6) is 0 Å². The molecule has 0 aliphatic carbocycles. The number of aromatic amines is 1. The van der Waals surface area contributed by atoms with Crippen LogP contribution < -0.4 is 0 Å². The predicted molar refractivity (Wildman–Crippen MR) is 88.9 cm³/mol. The maximum absolute atomic E-state index is 12.7. The van der Waals surface area contributed by atoms with Gasteiger partial charge in [0.25, 0.3) is 5.91 Å². The standard InChI is InChI=1S/C17H28N2O4/c1-6-8-19(9-7-2)16(20)15-12(3)14(13(4)18-15)17(21)23-11-10-22-5/h18H,6-11H2,1-5H3. The highest BCUT2D eigenvalue weighted by molar-refractivity contribution is 6.00. The van der Waals surface area contributed by atoms with Gasteiger partial charge in [0.2, 0.25) is 0 Å². The van der Waals surface area contributed by atoms with Gasteiger partial charge in [0.1, 0.15) is 12.3 Å². The first-order valence-corrected chi connectivity index (χ1v) is 8.12. The van der Waals surface area contributed by atoms with E-state index in [0.29, 0.717) is 42.2 Å². The van der Waals surface area contributed by atoms with E-state index in [2.05, 4.69) is 4.98 Å². The minimum Gasteiger partial charge on any atom is -0.460 e. The molecule has 0 fully saturated rings. The zero-order valence-electron chi connectivity index (χ0n) is 14.8. The highest BCUT2D eigenvalue weighted by Gasteiger charge is 2.25. The molecule has 0 spiro atoms. The van der Waals surface area contributed by atoms with Gasteiger partial charge in [-0.05, 0) is 32.3 Å². The number of amides is 1. The summed E-state index contributed by atoms with van der Waals surface area (Å²) in [6.45, 7) is 9.60. The van der Waals surface area contributed by atoms with Crippen molar-refractivity contribution in [1.29, 1.82) is 0 Å². The molecule has 0 bridgehead atoms. The Morgan fingerprint density at radius 3 is 2.22 bits per heavy atom. The molecule has 0 saturated heterocycles. The molecule has 0 unspecified atom stereocenters. The molecular weight excluding hydrogens is 296 g/mol. The zero-order valence-corrected chi connectivity index (χ0v) is 14.8. The molecule has 1 amide bonds. The van der Waals surface area contributed by atoms with E-state index >= 15 is 0 Å². The molecular formula is C17H28N2O4. The third kappa shape index (κ3) is 4.82. The summed E-state index contributed by atoms with van der Waals surface area (Å²) >= 11 is 0. The number of carbonyl (C=O) groups is 2. The summed E-state index contributed by atoms with van der Waals surface area (Å²) in [5.41, 5.74) is 2.22. The summed E-state index contributed by atoms with van der Waals surface area (Å²) in [5.74, 6) is -0.491. The lowest BCUT2D eigenvalue weighted by Gasteiger charge is -2.21. The molecule has 0 atom stereocenters. The molecule has 0 aliphatic rings. The summed E-state index contributed by atoms with van der Waals surface area (Å²) in [5, 5.41) is 0. The van der Waals surface area contributed by atoms with Crippen LogP contribution in [0.4, 0.5) is 0 Å². The van der Waals surface area contributed by atoms with Crippen LogP contribution >= 0.6 is 0 Å². The third-order valence-electron chi connectivity index (χ3n) is 3.65. The monoisotopic (exact) mass is 324 g/mol. The van der Waals surface area contributed by atoms with Gasteiger partial charge in [0.05, 0.1) is 12.2 Å². The Morgan fingerprint density at radius 1 is 1.09 bits per heavy atom. The van der Waals surface area contributed by atoms with Gasteiger partial charge in [0, 0.05) is 25.9 Å². The minimum atomic E-state index is -0.426. The van der Waals surface area contributed by atoms with Crippen molar-refractivity contribution in [2.45, 2.75) is 40.5 Å². The Bertz CT molecular complexity index is 531. The molecule has 0 saturated carbocycles. The number of nitrogens with zero attached hydrogens (tertiary/aromatic N) is 1. The van der Waals surface area contributed by atoms with E-state index in [-0.39, 0.29) is 12.5 Å². The fourth-order valence-electron chi connectivity index (χ4n) is 2.57. The Kier molecular flexibility index (Phi) is 7.81. The predicted octanol–water partition coefficient (Wildman–Crippen LogP) is 2.70. The highest BCUT2D eigenvalue weighted by atomic mass is 16.6. The van der Waals surface area contributed by atoms with Crippen molar-refractivity contribution in [3.05, 3.63) is 22.5 Å². The van der Waals surface area contributed by atoms with Crippen molar-refractivity contribution >= 4 is 11.9 Å². The topological polar surface area (TPSA) is 71.6 Å². The Labute approximate surface area is 138 Å². The number of esters is 1. The number of aromatic nitrogens is 1. The fourth-order valence-corrected chi connectivity index (χ4v) is 2.57. The second-order valence-electron chi connectivity index (χ2n) is 5.55. The number of rotatable bonds is 9. The second-order valence-corrected chi connectivity index (χ2v) is 5.55. The van der Waals surface area contributed by atoms with Crippen molar-refractivity contribution in [1.82, 2.24) is 9.88 Å². The van der Waals surface area contributed by atoms with Crippen molar-refractivity contribution in [3.8, 4) is 0 Å². The van der Waals surface area contributed by atoms with Crippen LogP contribution in [0.15, 0.2) is 0 Å². The number of aryl methyl sites for hydroxylation is 1. The number of H-pyrrole nitrogens is 1. The van der Waals surface area contributed by atoms with Crippen LogP contribution in [0.1, 0.15) is 58.8 Å². The van der Waals surface area contributed by atoms with E-state index in [1.807, 2.05) is 18.7 Å². The smallest absolute Gasteiger partial charge is 0.340 e. The lowest BCUT2D eigenvalue weighted by molar-refractivity contribution is 0.0387. The largest absolute Gasteiger partial charge is 0.460 e. The SMILES string of the molecule is CCCN(CCC)C(=O)c1[nH]c(C)c(C(=O)OCCOC)c1C. The zero-order chi connectivity index (χ0) is 17.4. The van der Waals surface area contributed by atoms with Crippen LogP contribution in [-0.4, -0.2) is 55.2 Å². The summed E-state index contributed by atoms with van der Waals surface area (Å²) in [7, 11) is 1.55. The average molecular weight is 324 g/mol. The highest BCUT2D eigenvalue weighted by Crippen LogP contribution is 2.20. The lowest BCUT2D eigenvalue weighted by atomic mass is 10.1. The van der Waals surface area contributed by atoms with Gasteiger partial charge in [-0.3, -0.25) is 4.79 Å². The van der Waals surface area contributed by atoms with Gasteiger partial charge in [-0.25, -0.2) is 4.79 Å². The molecule has 0 aromatic carbocycles. The molecule has 130 valence electrons. The van der Waals surface area contributed by atoms with Crippen molar-refractivity contribution in [3.63, 3.8) is 0 Å². The van der Waals surface area contributed by atoms with E-state index in [1.165, 1.54) is 0 Å². The number of ether oxygens (including phenoxy) is 2. The molecule has 1 aromatic rings. The van der Waals surface area contributed by atoms with Gasteiger partial charge >= 0.3 is 5.97 Å². The van der Waals surface area contributed by atoms with E-state index in [4.69, 9.17) is 9.47 Å². The normalized spacial score (nSPS) is 10.7. The van der Waals surface area contributed by atoms with Crippen molar-refractivity contribution in [2.75, 3.05) is 33.4 Å². The van der Waals surface area contributed by atoms with E-state index in [1.54, 1.807) is 21.0 Å². The average Bonchev–Trinajstić information content (AvgIpc) is 2.81. The number of hydrogen-bond donors (Lipinski definition) is 1. The lowest BCUT2D eigenvalue weighted by Crippen LogP contribution is -2.33. The van der Waals surface area contributed by atoms with Crippen molar-refractivity contribution in [2.24, 2.45) is 0 Å². The number of hydrogen-bond acceptors (Lipinski definition) is 4. The minimum absolute atomic E-state index is 0.0646. The summed E-state index contributed by atoms with van der Waals surface area (Å²) < 4.78 is 10.0. The van der Waals surface area contributed by atoms with E-state index in [0.717, 1.165) is 12.8 Å². The van der Waals surface area contributed by atoms with Crippen LogP contribution in [-0.2, 0) is 9.47 Å². The Balaban J connectivity index is 2.99. The Hall–Kier alpha value is -1.82. The number of methoxy groups -OCH3 is 1. The van der Waals surface area contributed by atoms with Crippen LogP contribution in [0.3, 0.4) is 0 Å². The molecule has 6 nitrogen and oxygen atoms in total. The maximum atomic E-state index is 12.7. The summed E-state index contributed by atoms with van der Waals surface area (Å²) in [6.07, 6.45) is 1.80. The summed E-state index contributed by atoms with van der Waals surface area (Å²) in [6, 6.07) is 0. The van der Waals surface area contributed by atoms with Crippen molar-refractivity contribution < 1.29 is 19.1 Å². The van der Waals surface area contributed by atoms with Gasteiger partial charge in [-0.1, -0.05) is 13.8 Å². The third-order valence-corrected chi connectivity index (χ3v) is 3.65. The quantitative estimate of drug-likeness (QED) is 0.560. The summed E-state index contributed by atoms with van der Waals surface area (Å²) in [4.78, 5) is 29.8. The van der Waals surface area contributed by atoms with E-state index < -0.39 is 5.97 Å². The number of carbonyl (C=O) groups excluding carboxylic acids is 2. The first-order chi connectivity index (χ1) is 11.0. The first-order valence-electron chi connectivity index (χ1n) is 8.12. The van der Waals surface area contributed by atoms with Gasteiger partial charge < -0.3 is 19.4 Å². The van der Waals surface area contributed by atoms with Crippen LogP contribution in [0, 0.1) is 13.8 Å². The second kappa shape index (κ2) is 9.35. The fraction of sp³-hybridized carbons (Fsp3) is 0.647. The Morgan fingerprint density at radius 2 is 1.70 bits per heavy atom.